The van der Waals surface area contributed by atoms with E-state index in [1.807, 2.05) is 0 Å². The van der Waals surface area contributed by atoms with Crippen molar-refractivity contribution in [2.45, 2.75) is 13.3 Å². The Morgan fingerprint density at radius 1 is 1.35 bits per heavy atom. The molecule has 6 heteroatoms. The average molecular weight is 244 g/mol. The van der Waals surface area contributed by atoms with Crippen molar-refractivity contribution >= 4 is 12.1 Å². The van der Waals surface area contributed by atoms with Gasteiger partial charge in [0.25, 0.3) is 5.91 Å². The van der Waals surface area contributed by atoms with Gasteiger partial charge in [-0.1, -0.05) is 12.1 Å². The predicted molar refractivity (Wildman–Crippen MR) is 68.6 cm³/mol. The van der Waals surface area contributed by atoms with Crippen molar-refractivity contribution in [3.05, 3.63) is 0 Å². The number of likely N-dealkylation sites (N-methyl/N-ethyl adjacent to an activating group) is 1. The van der Waals surface area contributed by atoms with E-state index in [2.05, 4.69) is 41.3 Å². The van der Waals surface area contributed by atoms with E-state index in [1.54, 1.807) is 0 Å². The lowest BCUT2D eigenvalue weighted by Crippen LogP contribution is -2.36. The summed E-state index contributed by atoms with van der Waals surface area (Å²) < 4.78 is 0. The third-order valence-corrected chi connectivity index (χ3v) is 2.43. The molecule has 0 saturated carbocycles. The number of hydrogen-bond acceptors (Lipinski definition) is 5. The van der Waals surface area contributed by atoms with E-state index in [0.717, 1.165) is 38.8 Å². The molecule has 0 aliphatic heterocycles. The Morgan fingerprint density at radius 3 is 2.59 bits per heavy atom. The zero-order chi connectivity index (χ0) is 13.1. The molecule has 0 fully saturated rings. The molecule has 0 rings (SSSR count). The van der Waals surface area contributed by atoms with Gasteiger partial charge < -0.3 is 20.3 Å². The smallest absolute Gasteiger partial charge is 0.265 e. The molecular formula is C11H24N4O2. The van der Waals surface area contributed by atoms with Crippen LogP contribution in [-0.4, -0.2) is 73.9 Å². The number of amides is 1. The standard InChI is InChI=1S/C11H24N4O2/c1-4-15(8-5-7-14(2)3)9-6-12-11(16)10-13-17/h10,17H,4-9H2,1-3H3,(H,12,16)/b13-10+. The van der Waals surface area contributed by atoms with Gasteiger partial charge in [0.2, 0.25) is 0 Å². The molecule has 17 heavy (non-hydrogen) atoms. The largest absolute Gasteiger partial charge is 0.411 e. The average Bonchev–Trinajstić information content (AvgIpc) is 2.27. The van der Waals surface area contributed by atoms with Crippen LogP contribution in [0.5, 0.6) is 0 Å². The molecule has 1 amide bonds. The second kappa shape index (κ2) is 10.0. The van der Waals surface area contributed by atoms with Gasteiger partial charge in [-0.05, 0) is 40.2 Å². The lowest BCUT2D eigenvalue weighted by Gasteiger charge is -2.21. The van der Waals surface area contributed by atoms with Crippen molar-refractivity contribution in [2.75, 3.05) is 46.8 Å². The zero-order valence-corrected chi connectivity index (χ0v) is 11.0. The lowest BCUT2D eigenvalue weighted by atomic mass is 10.3. The number of carbonyl (C=O) groups excluding carboxylic acids is 1. The number of rotatable bonds is 9. The first kappa shape index (κ1) is 15.9. The minimum atomic E-state index is -0.364. The first-order valence-corrected chi connectivity index (χ1v) is 5.92. The van der Waals surface area contributed by atoms with Crippen molar-refractivity contribution in [1.29, 1.82) is 0 Å². The third kappa shape index (κ3) is 9.77. The van der Waals surface area contributed by atoms with Gasteiger partial charge in [-0.25, -0.2) is 0 Å². The lowest BCUT2D eigenvalue weighted by molar-refractivity contribution is -0.114. The molecule has 0 radical (unpaired) electrons. The summed E-state index contributed by atoms with van der Waals surface area (Å²) in [7, 11) is 4.12. The van der Waals surface area contributed by atoms with E-state index in [-0.39, 0.29) is 5.91 Å². The molecule has 0 aromatic carbocycles. The first-order valence-electron chi connectivity index (χ1n) is 5.92. The van der Waals surface area contributed by atoms with Crippen LogP contribution < -0.4 is 5.32 Å². The maximum Gasteiger partial charge on any atom is 0.265 e. The molecule has 0 atom stereocenters. The van der Waals surface area contributed by atoms with Crippen LogP contribution in [0.1, 0.15) is 13.3 Å². The number of nitrogens with one attached hydrogen (secondary N) is 1. The summed E-state index contributed by atoms with van der Waals surface area (Å²) in [4.78, 5) is 15.4. The van der Waals surface area contributed by atoms with Gasteiger partial charge in [-0.3, -0.25) is 4.79 Å². The second-order valence-electron chi connectivity index (χ2n) is 4.13. The summed E-state index contributed by atoms with van der Waals surface area (Å²) in [6.07, 6.45) is 1.98. The SMILES string of the molecule is CCN(CCCN(C)C)CCNC(=O)/C=N/O. The van der Waals surface area contributed by atoms with Crippen LogP contribution in [0.2, 0.25) is 0 Å². The molecule has 2 N–H and O–H groups in total. The molecule has 0 aliphatic carbocycles. The van der Waals surface area contributed by atoms with Crippen molar-refractivity contribution < 1.29 is 10.0 Å². The minimum absolute atomic E-state index is 0.364. The fourth-order valence-electron chi connectivity index (χ4n) is 1.47. The highest BCUT2D eigenvalue weighted by molar-refractivity contribution is 6.25. The molecule has 0 unspecified atom stereocenters. The van der Waals surface area contributed by atoms with E-state index in [0.29, 0.717) is 6.54 Å². The van der Waals surface area contributed by atoms with E-state index in [1.165, 1.54) is 0 Å². The number of carbonyl (C=O) groups is 1. The summed E-state index contributed by atoms with van der Waals surface area (Å²) in [5.41, 5.74) is 0. The number of nitrogens with zero attached hydrogens (tertiary/aromatic N) is 3. The van der Waals surface area contributed by atoms with Crippen LogP contribution in [0.25, 0.3) is 0 Å². The van der Waals surface area contributed by atoms with E-state index in [9.17, 15) is 4.79 Å². The predicted octanol–water partition coefficient (Wildman–Crippen LogP) is -0.164. The summed E-state index contributed by atoms with van der Waals surface area (Å²) in [6, 6.07) is 0. The number of oxime groups is 1. The fraction of sp³-hybridized carbons (Fsp3) is 0.818. The quantitative estimate of drug-likeness (QED) is 0.336. The second-order valence-corrected chi connectivity index (χ2v) is 4.13. The summed E-state index contributed by atoms with van der Waals surface area (Å²) in [6.45, 7) is 6.55. The van der Waals surface area contributed by atoms with Gasteiger partial charge in [0, 0.05) is 13.1 Å². The summed E-state index contributed by atoms with van der Waals surface area (Å²) >= 11 is 0. The van der Waals surface area contributed by atoms with Crippen LogP contribution in [0.4, 0.5) is 0 Å². The van der Waals surface area contributed by atoms with Gasteiger partial charge >= 0.3 is 0 Å². The topological polar surface area (TPSA) is 68.2 Å². The molecule has 0 aromatic rings. The fourth-order valence-corrected chi connectivity index (χ4v) is 1.47. The summed E-state index contributed by atoms with van der Waals surface area (Å²) in [5.74, 6) is -0.364. The molecule has 0 aromatic heterocycles. The normalized spacial score (nSPS) is 11.6. The van der Waals surface area contributed by atoms with Gasteiger partial charge in [-0.15, -0.1) is 0 Å². The Hall–Kier alpha value is -1.14. The molecular weight excluding hydrogens is 220 g/mol. The van der Waals surface area contributed by atoms with Crippen molar-refractivity contribution in [3.63, 3.8) is 0 Å². The van der Waals surface area contributed by atoms with Crippen LogP contribution in [-0.2, 0) is 4.79 Å². The maximum atomic E-state index is 11.0. The molecule has 100 valence electrons. The van der Waals surface area contributed by atoms with E-state index in [4.69, 9.17) is 5.21 Å². The molecule has 0 spiro atoms. The summed E-state index contributed by atoms with van der Waals surface area (Å²) in [5, 5.41) is 13.5. The molecule has 0 heterocycles. The van der Waals surface area contributed by atoms with E-state index < -0.39 is 0 Å². The van der Waals surface area contributed by atoms with Crippen LogP contribution >= 0.6 is 0 Å². The Bertz CT molecular complexity index is 232. The molecule has 0 saturated heterocycles. The van der Waals surface area contributed by atoms with Gasteiger partial charge in [-0.2, -0.15) is 0 Å². The van der Waals surface area contributed by atoms with Gasteiger partial charge in [0.1, 0.15) is 6.21 Å². The monoisotopic (exact) mass is 244 g/mol. The highest BCUT2D eigenvalue weighted by Crippen LogP contribution is 1.91. The van der Waals surface area contributed by atoms with Gasteiger partial charge in [0.05, 0.1) is 0 Å². The Kier molecular flexibility index (Phi) is 9.37. The van der Waals surface area contributed by atoms with Crippen molar-refractivity contribution in [2.24, 2.45) is 5.16 Å². The minimum Gasteiger partial charge on any atom is -0.411 e. The Labute approximate surface area is 103 Å². The Morgan fingerprint density at radius 2 is 2.06 bits per heavy atom. The third-order valence-electron chi connectivity index (χ3n) is 2.43. The highest BCUT2D eigenvalue weighted by Gasteiger charge is 2.03. The highest BCUT2D eigenvalue weighted by atomic mass is 16.4. The van der Waals surface area contributed by atoms with E-state index >= 15 is 0 Å². The van der Waals surface area contributed by atoms with Crippen LogP contribution in [0.3, 0.4) is 0 Å². The Balaban J connectivity index is 3.64. The maximum absolute atomic E-state index is 11.0. The zero-order valence-electron chi connectivity index (χ0n) is 11.0. The molecule has 0 aliphatic rings. The van der Waals surface area contributed by atoms with Crippen molar-refractivity contribution in [3.8, 4) is 0 Å². The van der Waals surface area contributed by atoms with Crippen LogP contribution in [0, 0.1) is 0 Å². The van der Waals surface area contributed by atoms with Gasteiger partial charge in [0.15, 0.2) is 0 Å². The van der Waals surface area contributed by atoms with Crippen LogP contribution in [0.15, 0.2) is 5.16 Å². The molecule has 6 nitrogen and oxygen atoms in total. The number of hydrogen-bond donors (Lipinski definition) is 2. The first-order chi connectivity index (χ1) is 8.10. The van der Waals surface area contributed by atoms with Crippen molar-refractivity contribution in [1.82, 2.24) is 15.1 Å². The molecule has 0 bridgehead atoms.